The summed E-state index contributed by atoms with van der Waals surface area (Å²) in [5.74, 6) is 0.469. The molecule has 1 atom stereocenters. The first-order chi connectivity index (χ1) is 7.77. The summed E-state index contributed by atoms with van der Waals surface area (Å²) in [6.07, 6.45) is 2.33. The molecule has 1 aliphatic heterocycles. The second kappa shape index (κ2) is 4.99. The first-order valence-electron chi connectivity index (χ1n) is 5.63. The molecule has 4 heteroatoms. The van der Waals surface area contributed by atoms with Crippen LogP contribution in [0.25, 0.3) is 0 Å². The lowest BCUT2D eigenvalue weighted by Crippen LogP contribution is -2.29. The highest BCUT2D eigenvalue weighted by atomic mass is 16.2. The maximum absolute atomic E-state index is 10.9. The molecule has 0 aromatic heterocycles. The lowest BCUT2D eigenvalue weighted by Gasteiger charge is -2.25. The number of para-hydroxylation sites is 1. The van der Waals surface area contributed by atoms with E-state index in [1.807, 2.05) is 18.2 Å². The van der Waals surface area contributed by atoms with Crippen LogP contribution in [0.1, 0.15) is 24.3 Å². The predicted molar refractivity (Wildman–Crippen MR) is 64.5 cm³/mol. The molecule has 1 unspecified atom stereocenters. The Morgan fingerprint density at radius 3 is 2.94 bits per heavy atom. The van der Waals surface area contributed by atoms with Crippen LogP contribution in [0.4, 0.5) is 10.5 Å². The van der Waals surface area contributed by atoms with E-state index in [1.165, 1.54) is 12.0 Å². The Hall–Kier alpha value is -1.55. The van der Waals surface area contributed by atoms with Gasteiger partial charge in [-0.3, -0.25) is 0 Å². The third-order valence-electron chi connectivity index (χ3n) is 2.96. The highest BCUT2D eigenvalue weighted by Gasteiger charge is 2.18. The fraction of sp³-hybridized carbons (Fsp3) is 0.417. The number of nitrogens with one attached hydrogen (secondary N) is 2. The Balaban J connectivity index is 2.20. The van der Waals surface area contributed by atoms with E-state index in [0.29, 0.717) is 5.92 Å². The van der Waals surface area contributed by atoms with Crippen molar-refractivity contribution in [1.29, 1.82) is 0 Å². The summed E-state index contributed by atoms with van der Waals surface area (Å²) in [6, 6.07) is 7.36. The van der Waals surface area contributed by atoms with Crippen LogP contribution in [0.15, 0.2) is 24.3 Å². The molecular formula is C12H17N3O. The van der Waals surface area contributed by atoms with Crippen molar-refractivity contribution in [1.82, 2.24) is 5.32 Å². The van der Waals surface area contributed by atoms with Crippen LogP contribution in [-0.2, 0) is 0 Å². The van der Waals surface area contributed by atoms with Crippen LogP contribution >= 0.6 is 0 Å². The Kier molecular flexibility index (Phi) is 3.41. The molecular weight excluding hydrogens is 202 g/mol. The van der Waals surface area contributed by atoms with E-state index in [0.717, 1.165) is 25.2 Å². The normalized spacial score (nSPS) is 20.4. The van der Waals surface area contributed by atoms with Crippen molar-refractivity contribution in [2.24, 2.45) is 5.73 Å². The first kappa shape index (κ1) is 11.0. The Morgan fingerprint density at radius 1 is 1.44 bits per heavy atom. The molecule has 1 saturated heterocycles. The topological polar surface area (TPSA) is 67.2 Å². The number of piperidine rings is 1. The molecule has 4 N–H and O–H groups in total. The molecule has 2 rings (SSSR count). The van der Waals surface area contributed by atoms with Gasteiger partial charge in [-0.25, -0.2) is 4.79 Å². The van der Waals surface area contributed by atoms with Gasteiger partial charge in [0, 0.05) is 12.2 Å². The van der Waals surface area contributed by atoms with E-state index in [4.69, 9.17) is 5.73 Å². The summed E-state index contributed by atoms with van der Waals surface area (Å²) < 4.78 is 0. The van der Waals surface area contributed by atoms with Gasteiger partial charge in [-0.1, -0.05) is 18.2 Å². The number of carbonyl (C=O) groups excluding carboxylic acids is 1. The minimum Gasteiger partial charge on any atom is -0.351 e. The quantitative estimate of drug-likeness (QED) is 0.708. The van der Waals surface area contributed by atoms with Gasteiger partial charge >= 0.3 is 6.03 Å². The number of benzene rings is 1. The zero-order valence-corrected chi connectivity index (χ0v) is 9.20. The Morgan fingerprint density at radius 2 is 2.25 bits per heavy atom. The predicted octanol–water partition coefficient (Wildman–Crippen LogP) is 1.64. The zero-order chi connectivity index (χ0) is 11.4. The number of amides is 2. The average molecular weight is 219 g/mol. The van der Waals surface area contributed by atoms with Crippen LogP contribution in [0, 0.1) is 0 Å². The van der Waals surface area contributed by atoms with Gasteiger partial charge in [0.1, 0.15) is 0 Å². The van der Waals surface area contributed by atoms with Gasteiger partial charge in [0.2, 0.25) is 0 Å². The number of anilines is 1. The summed E-state index contributed by atoms with van der Waals surface area (Å²) in [4.78, 5) is 10.9. The molecule has 1 aromatic carbocycles. The highest BCUT2D eigenvalue weighted by molar-refractivity contribution is 5.88. The number of hydrogen-bond donors (Lipinski definition) is 3. The molecule has 4 nitrogen and oxygen atoms in total. The SMILES string of the molecule is NC(=O)Nc1ccccc1C1CCCNC1. The molecule has 0 bridgehead atoms. The second-order valence-corrected chi connectivity index (χ2v) is 4.12. The summed E-state index contributed by atoms with van der Waals surface area (Å²) in [5, 5.41) is 6.05. The highest BCUT2D eigenvalue weighted by Crippen LogP contribution is 2.29. The number of urea groups is 1. The first-order valence-corrected chi connectivity index (χ1v) is 5.63. The molecule has 1 fully saturated rings. The molecule has 16 heavy (non-hydrogen) atoms. The third kappa shape index (κ3) is 2.52. The largest absolute Gasteiger partial charge is 0.351 e. The fourth-order valence-corrected chi connectivity index (χ4v) is 2.22. The average Bonchev–Trinajstić information content (AvgIpc) is 2.30. The molecule has 0 spiro atoms. The van der Waals surface area contributed by atoms with Gasteiger partial charge in [0.05, 0.1) is 0 Å². The van der Waals surface area contributed by atoms with Crippen LogP contribution in [-0.4, -0.2) is 19.1 Å². The van der Waals surface area contributed by atoms with Crippen molar-refractivity contribution < 1.29 is 4.79 Å². The van der Waals surface area contributed by atoms with Gasteiger partial charge in [0.15, 0.2) is 0 Å². The molecule has 2 amide bonds. The second-order valence-electron chi connectivity index (χ2n) is 4.12. The summed E-state index contributed by atoms with van der Waals surface area (Å²) in [6.45, 7) is 2.05. The lowest BCUT2D eigenvalue weighted by molar-refractivity contribution is 0.259. The maximum atomic E-state index is 10.9. The van der Waals surface area contributed by atoms with Crippen LogP contribution < -0.4 is 16.4 Å². The molecule has 0 saturated carbocycles. The van der Waals surface area contributed by atoms with Crippen molar-refractivity contribution >= 4 is 11.7 Å². The Bertz CT molecular complexity index is 372. The van der Waals surface area contributed by atoms with Crippen molar-refractivity contribution in [3.8, 4) is 0 Å². The number of hydrogen-bond acceptors (Lipinski definition) is 2. The fourth-order valence-electron chi connectivity index (χ4n) is 2.22. The molecule has 0 radical (unpaired) electrons. The summed E-state index contributed by atoms with van der Waals surface area (Å²) in [7, 11) is 0. The minimum atomic E-state index is -0.504. The van der Waals surface area contributed by atoms with Gasteiger partial charge in [-0.15, -0.1) is 0 Å². The van der Waals surface area contributed by atoms with E-state index < -0.39 is 6.03 Å². The van der Waals surface area contributed by atoms with Crippen LogP contribution in [0.5, 0.6) is 0 Å². The number of primary amides is 1. The van der Waals surface area contributed by atoms with Crippen molar-refractivity contribution in [2.75, 3.05) is 18.4 Å². The van der Waals surface area contributed by atoms with E-state index in [2.05, 4.69) is 16.7 Å². The van der Waals surface area contributed by atoms with Crippen molar-refractivity contribution in [2.45, 2.75) is 18.8 Å². The van der Waals surface area contributed by atoms with E-state index in [1.54, 1.807) is 0 Å². The molecule has 0 aliphatic carbocycles. The van der Waals surface area contributed by atoms with Gasteiger partial charge < -0.3 is 16.4 Å². The smallest absolute Gasteiger partial charge is 0.316 e. The van der Waals surface area contributed by atoms with Crippen LogP contribution in [0.3, 0.4) is 0 Å². The van der Waals surface area contributed by atoms with Crippen molar-refractivity contribution in [3.63, 3.8) is 0 Å². The number of rotatable bonds is 2. The van der Waals surface area contributed by atoms with E-state index in [-0.39, 0.29) is 0 Å². The third-order valence-corrected chi connectivity index (χ3v) is 2.96. The molecule has 1 aromatic rings. The Labute approximate surface area is 95.2 Å². The monoisotopic (exact) mass is 219 g/mol. The van der Waals surface area contributed by atoms with Gasteiger partial charge in [-0.05, 0) is 36.9 Å². The molecule has 1 aliphatic rings. The maximum Gasteiger partial charge on any atom is 0.316 e. The zero-order valence-electron chi connectivity index (χ0n) is 9.20. The van der Waals surface area contributed by atoms with E-state index >= 15 is 0 Å². The standard InChI is InChI=1S/C12H17N3O/c13-12(16)15-11-6-2-1-5-10(11)9-4-3-7-14-8-9/h1-2,5-6,9,14H,3-4,7-8H2,(H3,13,15,16). The van der Waals surface area contributed by atoms with Crippen LogP contribution in [0.2, 0.25) is 0 Å². The minimum absolute atomic E-state index is 0.469. The van der Waals surface area contributed by atoms with Crippen molar-refractivity contribution in [3.05, 3.63) is 29.8 Å². The summed E-state index contributed by atoms with van der Waals surface area (Å²) >= 11 is 0. The molecule has 1 heterocycles. The van der Waals surface area contributed by atoms with E-state index in [9.17, 15) is 4.79 Å². The molecule has 86 valence electrons. The van der Waals surface area contributed by atoms with Gasteiger partial charge in [0.25, 0.3) is 0 Å². The number of nitrogens with two attached hydrogens (primary N) is 1. The lowest BCUT2D eigenvalue weighted by atomic mass is 9.90. The number of carbonyl (C=O) groups is 1. The summed E-state index contributed by atoms with van der Waals surface area (Å²) in [5.41, 5.74) is 7.17. The van der Waals surface area contributed by atoms with Gasteiger partial charge in [-0.2, -0.15) is 0 Å².